The molecule has 0 aromatic carbocycles. The molecule has 0 N–H and O–H groups in total. The Morgan fingerprint density at radius 2 is 0.214 bits per heavy atom. The lowest BCUT2D eigenvalue weighted by Gasteiger charge is -1.70. The van der Waals surface area contributed by atoms with Gasteiger partial charge in [-0.15, -0.1) is 0 Å². The summed E-state index contributed by atoms with van der Waals surface area (Å²) in [6.45, 7) is 0. The molecule has 0 amide bonds. The molecule has 0 unspecified atom stereocenters. The van der Waals surface area contributed by atoms with E-state index in [2.05, 4.69) is 34.9 Å². The number of nitrogens with zero attached hydrogens (tertiary/aromatic N) is 7. The minimum absolute atomic E-state index is 1.75. The van der Waals surface area contributed by atoms with Crippen LogP contribution >= 0.6 is 0 Å². The Labute approximate surface area is 248 Å². The third kappa shape index (κ3) is 28.6. The van der Waals surface area contributed by atoms with E-state index in [1.165, 1.54) is 0 Å². The Hall–Kier alpha value is -5.95. The topological polar surface area (TPSA) is 90.2 Å². The fraction of sp³-hybridized carbons (Fsp3) is 0. The molecule has 0 atom stereocenters. The van der Waals surface area contributed by atoms with Crippen LogP contribution in [0.2, 0.25) is 0 Å². The molecule has 42 heavy (non-hydrogen) atoms. The van der Waals surface area contributed by atoms with E-state index in [4.69, 9.17) is 0 Å². The summed E-state index contributed by atoms with van der Waals surface area (Å²) in [4.78, 5) is 26.5. The van der Waals surface area contributed by atoms with Crippen LogP contribution in [0, 0.1) is 0 Å². The average molecular weight is 554 g/mol. The van der Waals surface area contributed by atoms with Crippen molar-refractivity contribution >= 4 is 0 Å². The van der Waals surface area contributed by atoms with Crippen LogP contribution in [0.5, 0.6) is 0 Å². The second kappa shape index (κ2) is 31.3. The van der Waals surface area contributed by atoms with Crippen molar-refractivity contribution in [2.45, 2.75) is 0 Å². The van der Waals surface area contributed by atoms with Crippen molar-refractivity contribution < 1.29 is 0 Å². The van der Waals surface area contributed by atoms with Crippen molar-refractivity contribution in [3.05, 3.63) is 214 Å². The van der Waals surface area contributed by atoms with E-state index in [1.807, 2.05) is 127 Å². The van der Waals surface area contributed by atoms with Gasteiger partial charge in [0.2, 0.25) is 0 Å². The second-order valence-electron chi connectivity index (χ2n) is 7.17. The number of hydrogen-bond acceptors (Lipinski definition) is 7. The molecule has 7 heterocycles. The third-order valence-electron chi connectivity index (χ3n) is 3.97. The van der Waals surface area contributed by atoms with Crippen LogP contribution in [0.1, 0.15) is 0 Å². The first kappa shape index (κ1) is 34.1. The van der Waals surface area contributed by atoms with E-state index < -0.39 is 0 Å². The van der Waals surface area contributed by atoms with Crippen molar-refractivity contribution in [2.24, 2.45) is 0 Å². The molecule has 0 aliphatic heterocycles. The molecule has 0 spiro atoms. The standard InChI is InChI=1S/7C5H5N/c7*1-2-4-6-5-3-1/h7*1-5H. The zero-order valence-corrected chi connectivity index (χ0v) is 23.3. The maximum absolute atomic E-state index is 3.78. The molecule has 0 aliphatic rings. The van der Waals surface area contributed by atoms with Crippen LogP contribution in [-0.4, -0.2) is 34.9 Å². The van der Waals surface area contributed by atoms with Crippen molar-refractivity contribution in [2.75, 3.05) is 0 Å². The summed E-state index contributed by atoms with van der Waals surface area (Å²) in [6, 6.07) is 40.0. The molecule has 0 radical (unpaired) electrons. The molecular formula is C35H35N7. The first-order chi connectivity index (χ1) is 21.0. The van der Waals surface area contributed by atoms with Gasteiger partial charge in [0.15, 0.2) is 0 Å². The van der Waals surface area contributed by atoms with Crippen molar-refractivity contribution in [3.63, 3.8) is 0 Å². The summed E-state index contributed by atoms with van der Waals surface area (Å²) in [5.74, 6) is 0. The van der Waals surface area contributed by atoms with E-state index in [-0.39, 0.29) is 0 Å². The fourth-order valence-electron chi connectivity index (χ4n) is 2.19. The van der Waals surface area contributed by atoms with E-state index in [9.17, 15) is 0 Å². The van der Waals surface area contributed by atoms with Gasteiger partial charge >= 0.3 is 0 Å². The molecule has 7 heteroatoms. The van der Waals surface area contributed by atoms with Gasteiger partial charge in [-0.05, 0) is 84.9 Å². The number of hydrogen-bond donors (Lipinski definition) is 0. The monoisotopic (exact) mass is 553 g/mol. The smallest absolute Gasteiger partial charge is 0.0267 e. The highest BCUT2D eigenvalue weighted by atomic mass is 14.6. The Morgan fingerprint density at radius 1 is 0.119 bits per heavy atom. The molecule has 7 nitrogen and oxygen atoms in total. The lowest BCUT2D eigenvalue weighted by atomic mass is 10.5. The van der Waals surface area contributed by atoms with Crippen LogP contribution in [-0.2, 0) is 0 Å². The SMILES string of the molecule is c1ccncc1.c1ccncc1.c1ccncc1.c1ccncc1.c1ccncc1.c1ccncc1.c1ccncc1. The normalized spacial score (nSPS) is 8.00. The molecule has 210 valence electrons. The molecular weight excluding hydrogens is 518 g/mol. The van der Waals surface area contributed by atoms with Crippen molar-refractivity contribution in [1.29, 1.82) is 0 Å². The highest BCUT2D eigenvalue weighted by molar-refractivity contribution is 4.91. The molecule has 0 fully saturated rings. The Morgan fingerprint density at radius 3 is 0.238 bits per heavy atom. The Bertz CT molecular complexity index is 841. The summed E-state index contributed by atoms with van der Waals surface area (Å²) in [5.41, 5.74) is 0. The highest BCUT2D eigenvalue weighted by Crippen LogP contribution is 1.77. The highest BCUT2D eigenvalue weighted by Gasteiger charge is 1.62. The van der Waals surface area contributed by atoms with E-state index in [0.29, 0.717) is 0 Å². The summed E-state index contributed by atoms with van der Waals surface area (Å²) in [6.07, 6.45) is 24.5. The van der Waals surface area contributed by atoms with Crippen molar-refractivity contribution in [3.8, 4) is 0 Å². The zero-order valence-electron chi connectivity index (χ0n) is 23.3. The fourth-order valence-corrected chi connectivity index (χ4v) is 2.19. The lowest BCUT2D eigenvalue weighted by Crippen LogP contribution is -1.58. The summed E-state index contributed by atoms with van der Waals surface area (Å²) in [5, 5.41) is 0. The van der Waals surface area contributed by atoms with Gasteiger partial charge in [-0.3, -0.25) is 34.9 Å². The van der Waals surface area contributed by atoms with Gasteiger partial charge in [-0.1, -0.05) is 42.5 Å². The summed E-state index contributed by atoms with van der Waals surface area (Å²) in [7, 11) is 0. The van der Waals surface area contributed by atoms with Crippen LogP contribution in [0.25, 0.3) is 0 Å². The van der Waals surface area contributed by atoms with Gasteiger partial charge in [0, 0.05) is 86.8 Å². The molecule has 0 saturated heterocycles. The third-order valence-corrected chi connectivity index (χ3v) is 3.97. The maximum Gasteiger partial charge on any atom is 0.0267 e. The van der Waals surface area contributed by atoms with Crippen LogP contribution in [0.4, 0.5) is 0 Å². The molecule has 7 rings (SSSR count). The van der Waals surface area contributed by atoms with Gasteiger partial charge < -0.3 is 0 Å². The zero-order chi connectivity index (χ0) is 29.7. The van der Waals surface area contributed by atoms with Gasteiger partial charge in [0.05, 0.1) is 0 Å². The number of rotatable bonds is 0. The Balaban J connectivity index is 0.000000245. The minimum atomic E-state index is 1.75. The second-order valence-corrected chi connectivity index (χ2v) is 7.17. The van der Waals surface area contributed by atoms with Crippen LogP contribution < -0.4 is 0 Å². The van der Waals surface area contributed by atoms with Gasteiger partial charge in [0.25, 0.3) is 0 Å². The summed E-state index contributed by atoms with van der Waals surface area (Å²) < 4.78 is 0. The lowest BCUT2D eigenvalue weighted by molar-refractivity contribution is 1.33. The molecule has 0 aliphatic carbocycles. The van der Waals surface area contributed by atoms with Crippen LogP contribution in [0.15, 0.2) is 214 Å². The van der Waals surface area contributed by atoms with Crippen molar-refractivity contribution in [1.82, 2.24) is 34.9 Å². The molecule has 7 aromatic heterocycles. The van der Waals surface area contributed by atoms with Gasteiger partial charge in [0.1, 0.15) is 0 Å². The van der Waals surface area contributed by atoms with Gasteiger partial charge in [-0.2, -0.15) is 0 Å². The first-order valence-corrected chi connectivity index (χ1v) is 12.9. The predicted molar refractivity (Wildman–Crippen MR) is 170 cm³/mol. The first-order valence-electron chi connectivity index (χ1n) is 12.9. The quantitative estimate of drug-likeness (QED) is 0.191. The van der Waals surface area contributed by atoms with Crippen LogP contribution in [0.3, 0.4) is 0 Å². The number of aromatic nitrogens is 7. The minimum Gasteiger partial charge on any atom is -0.265 e. The average Bonchev–Trinajstić information content (AvgIpc) is 3.15. The maximum atomic E-state index is 3.78. The summed E-state index contributed by atoms with van der Waals surface area (Å²) >= 11 is 0. The molecule has 0 bridgehead atoms. The molecule has 0 saturated carbocycles. The van der Waals surface area contributed by atoms with E-state index >= 15 is 0 Å². The van der Waals surface area contributed by atoms with E-state index in [1.54, 1.807) is 86.8 Å². The van der Waals surface area contributed by atoms with Gasteiger partial charge in [-0.25, -0.2) is 0 Å². The predicted octanol–water partition coefficient (Wildman–Crippen LogP) is 7.57. The van der Waals surface area contributed by atoms with E-state index in [0.717, 1.165) is 0 Å². The largest absolute Gasteiger partial charge is 0.265 e. The number of pyridine rings is 7. The Kier molecular flexibility index (Phi) is 25.4. The molecule has 7 aromatic rings.